The Morgan fingerprint density at radius 1 is 1.19 bits per heavy atom. The van der Waals surface area contributed by atoms with E-state index in [9.17, 15) is 9.18 Å². The molecular weight excluding hydrogens is 273 g/mol. The summed E-state index contributed by atoms with van der Waals surface area (Å²) < 4.78 is 23.5. The third-order valence-corrected chi connectivity index (χ3v) is 3.05. The van der Waals surface area contributed by atoms with Crippen molar-refractivity contribution in [2.45, 2.75) is 13.0 Å². The van der Waals surface area contributed by atoms with Gasteiger partial charge in [-0.1, -0.05) is 24.3 Å². The minimum Gasteiger partial charge on any atom is -0.489 e. The summed E-state index contributed by atoms with van der Waals surface area (Å²) >= 11 is 0. The van der Waals surface area contributed by atoms with Crippen molar-refractivity contribution < 1.29 is 18.7 Å². The average Bonchev–Trinajstić information content (AvgIpc) is 2.49. The summed E-state index contributed by atoms with van der Waals surface area (Å²) in [6.45, 7) is 0.233. The van der Waals surface area contributed by atoms with Crippen molar-refractivity contribution in [2.75, 3.05) is 12.8 Å². The zero-order chi connectivity index (χ0) is 15.2. The van der Waals surface area contributed by atoms with Gasteiger partial charge in [0.1, 0.15) is 18.2 Å². The topological polar surface area (TPSA) is 61.5 Å². The first-order valence-corrected chi connectivity index (χ1v) is 6.41. The lowest BCUT2D eigenvalue weighted by Gasteiger charge is -2.11. The van der Waals surface area contributed by atoms with Crippen LogP contribution in [0.4, 0.5) is 10.1 Å². The Bertz CT molecular complexity index is 643. The molecule has 2 aromatic rings. The predicted molar refractivity (Wildman–Crippen MR) is 77.3 cm³/mol. The number of anilines is 1. The number of hydrogen-bond acceptors (Lipinski definition) is 4. The summed E-state index contributed by atoms with van der Waals surface area (Å²) in [7, 11) is 1.35. The Balaban J connectivity index is 2.09. The Morgan fingerprint density at radius 3 is 2.57 bits per heavy atom. The van der Waals surface area contributed by atoms with Gasteiger partial charge < -0.3 is 15.2 Å². The van der Waals surface area contributed by atoms with E-state index in [4.69, 9.17) is 10.5 Å². The number of methoxy groups -OCH3 is 1. The molecule has 0 saturated carbocycles. The number of ether oxygens (including phenoxy) is 2. The first kappa shape index (κ1) is 14.8. The molecule has 0 bridgehead atoms. The third kappa shape index (κ3) is 3.95. The molecule has 2 N–H and O–H groups in total. The number of carbonyl (C=O) groups excluding carboxylic acids is 1. The van der Waals surface area contributed by atoms with E-state index >= 15 is 0 Å². The normalized spacial score (nSPS) is 10.2. The van der Waals surface area contributed by atoms with Crippen molar-refractivity contribution in [1.29, 1.82) is 0 Å². The number of carbonyl (C=O) groups is 1. The van der Waals surface area contributed by atoms with Gasteiger partial charge in [0.15, 0.2) is 0 Å². The van der Waals surface area contributed by atoms with Crippen molar-refractivity contribution in [3.05, 3.63) is 59.4 Å². The van der Waals surface area contributed by atoms with Gasteiger partial charge in [0.2, 0.25) is 0 Å². The van der Waals surface area contributed by atoms with E-state index in [0.29, 0.717) is 5.75 Å². The average molecular weight is 289 g/mol. The number of nitrogens with two attached hydrogens (primary N) is 1. The Labute approximate surface area is 122 Å². The van der Waals surface area contributed by atoms with E-state index < -0.39 is 5.82 Å². The van der Waals surface area contributed by atoms with Crippen LogP contribution < -0.4 is 10.5 Å². The van der Waals surface area contributed by atoms with Crippen LogP contribution in [-0.4, -0.2) is 13.1 Å². The quantitative estimate of drug-likeness (QED) is 0.679. The first-order valence-electron chi connectivity index (χ1n) is 6.41. The molecular formula is C16H16FNO3. The summed E-state index contributed by atoms with van der Waals surface area (Å²) in [6, 6.07) is 11.7. The molecule has 0 amide bonds. The summed E-state index contributed by atoms with van der Waals surface area (Å²) in [5, 5.41) is 0. The van der Waals surface area contributed by atoms with E-state index in [1.807, 2.05) is 24.3 Å². The van der Waals surface area contributed by atoms with Crippen LogP contribution in [0.3, 0.4) is 0 Å². The second-order valence-corrected chi connectivity index (χ2v) is 4.49. The summed E-state index contributed by atoms with van der Waals surface area (Å²) in [5.41, 5.74) is 7.15. The summed E-state index contributed by atoms with van der Waals surface area (Å²) in [6.07, 6.45) is 0.173. The number of hydrogen-bond donors (Lipinski definition) is 1. The van der Waals surface area contributed by atoms with Crippen molar-refractivity contribution >= 4 is 11.7 Å². The maximum absolute atomic E-state index is 13.3. The maximum atomic E-state index is 13.3. The van der Waals surface area contributed by atoms with E-state index in [0.717, 1.165) is 11.1 Å². The van der Waals surface area contributed by atoms with Crippen LogP contribution in [-0.2, 0) is 22.6 Å². The summed E-state index contributed by atoms with van der Waals surface area (Å²) in [5.74, 6) is -0.453. The zero-order valence-electron chi connectivity index (χ0n) is 11.6. The van der Waals surface area contributed by atoms with Gasteiger partial charge >= 0.3 is 5.97 Å². The van der Waals surface area contributed by atoms with Gasteiger partial charge in [-0.3, -0.25) is 4.79 Å². The largest absolute Gasteiger partial charge is 0.489 e. The smallest absolute Gasteiger partial charge is 0.309 e. The molecule has 5 heteroatoms. The van der Waals surface area contributed by atoms with E-state index in [1.165, 1.54) is 19.2 Å². The zero-order valence-corrected chi connectivity index (χ0v) is 11.6. The standard InChI is InChI=1S/C16H16FNO3/c1-20-16(19)8-11-4-2-3-5-12(11)10-21-13-6-7-15(18)14(17)9-13/h2-7,9H,8,10,18H2,1H3. The number of benzene rings is 2. The highest BCUT2D eigenvalue weighted by Gasteiger charge is 2.09. The molecule has 0 aliphatic carbocycles. The lowest BCUT2D eigenvalue weighted by Crippen LogP contribution is -2.08. The van der Waals surface area contributed by atoms with Crippen LogP contribution in [0.1, 0.15) is 11.1 Å². The molecule has 0 aliphatic heterocycles. The number of nitrogen functional groups attached to an aromatic ring is 1. The molecule has 0 atom stereocenters. The van der Waals surface area contributed by atoms with Crippen LogP contribution >= 0.6 is 0 Å². The Morgan fingerprint density at radius 2 is 1.90 bits per heavy atom. The Hall–Kier alpha value is -2.56. The molecule has 0 unspecified atom stereocenters. The molecule has 0 aliphatic rings. The fourth-order valence-corrected chi connectivity index (χ4v) is 1.86. The highest BCUT2D eigenvalue weighted by atomic mass is 19.1. The van der Waals surface area contributed by atoms with Crippen molar-refractivity contribution in [3.8, 4) is 5.75 Å². The lowest BCUT2D eigenvalue weighted by atomic mass is 10.1. The van der Waals surface area contributed by atoms with Gasteiger partial charge in [-0.05, 0) is 23.3 Å². The van der Waals surface area contributed by atoms with Crippen LogP contribution in [0, 0.1) is 5.82 Å². The van der Waals surface area contributed by atoms with E-state index in [1.54, 1.807) is 6.07 Å². The highest BCUT2D eigenvalue weighted by molar-refractivity contribution is 5.72. The molecule has 0 spiro atoms. The molecule has 110 valence electrons. The first-order chi connectivity index (χ1) is 10.1. The molecule has 2 rings (SSSR count). The van der Waals surface area contributed by atoms with Crippen molar-refractivity contribution in [3.63, 3.8) is 0 Å². The monoisotopic (exact) mass is 289 g/mol. The minimum absolute atomic E-state index is 0.0773. The fourth-order valence-electron chi connectivity index (χ4n) is 1.86. The Kier molecular flexibility index (Phi) is 4.77. The predicted octanol–water partition coefficient (Wildman–Crippen LogP) is 2.70. The molecule has 0 fully saturated rings. The van der Waals surface area contributed by atoms with Gasteiger partial charge in [0, 0.05) is 6.07 Å². The molecule has 21 heavy (non-hydrogen) atoms. The number of esters is 1. The van der Waals surface area contributed by atoms with Crippen molar-refractivity contribution in [2.24, 2.45) is 0 Å². The molecule has 0 radical (unpaired) electrons. The highest BCUT2D eigenvalue weighted by Crippen LogP contribution is 2.20. The SMILES string of the molecule is COC(=O)Cc1ccccc1COc1ccc(N)c(F)c1. The van der Waals surface area contributed by atoms with Gasteiger partial charge in [0.05, 0.1) is 19.2 Å². The van der Waals surface area contributed by atoms with Crippen LogP contribution in [0.25, 0.3) is 0 Å². The number of rotatable bonds is 5. The molecule has 4 nitrogen and oxygen atoms in total. The van der Waals surface area contributed by atoms with E-state index in [-0.39, 0.29) is 24.7 Å². The molecule has 0 heterocycles. The second-order valence-electron chi connectivity index (χ2n) is 4.49. The molecule has 0 saturated heterocycles. The molecule has 0 aromatic heterocycles. The second kappa shape index (κ2) is 6.74. The number of halogens is 1. The van der Waals surface area contributed by atoms with Crippen molar-refractivity contribution in [1.82, 2.24) is 0 Å². The van der Waals surface area contributed by atoms with Gasteiger partial charge in [0.25, 0.3) is 0 Å². The van der Waals surface area contributed by atoms with Crippen LogP contribution in [0.15, 0.2) is 42.5 Å². The lowest BCUT2D eigenvalue weighted by molar-refractivity contribution is -0.139. The third-order valence-electron chi connectivity index (χ3n) is 3.05. The van der Waals surface area contributed by atoms with Crippen LogP contribution in [0.5, 0.6) is 5.75 Å². The van der Waals surface area contributed by atoms with E-state index in [2.05, 4.69) is 4.74 Å². The fraction of sp³-hybridized carbons (Fsp3) is 0.188. The van der Waals surface area contributed by atoms with Gasteiger partial charge in [-0.25, -0.2) is 4.39 Å². The maximum Gasteiger partial charge on any atom is 0.309 e. The summed E-state index contributed by atoms with van der Waals surface area (Å²) in [4.78, 5) is 11.4. The molecule has 2 aromatic carbocycles. The van der Waals surface area contributed by atoms with Crippen LogP contribution in [0.2, 0.25) is 0 Å². The minimum atomic E-state index is -0.518. The van der Waals surface area contributed by atoms with Gasteiger partial charge in [-0.15, -0.1) is 0 Å². The van der Waals surface area contributed by atoms with Gasteiger partial charge in [-0.2, -0.15) is 0 Å².